The van der Waals surface area contributed by atoms with Gasteiger partial charge in [0, 0.05) is 13.1 Å². The fourth-order valence-electron chi connectivity index (χ4n) is 2.61. The predicted molar refractivity (Wildman–Crippen MR) is 81.0 cm³/mol. The molecule has 1 aliphatic heterocycles. The van der Waals surface area contributed by atoms with Gasteiger partial charge in [0.15, 0.2) is 5.13 Å². The first-order chi connectivity index (χ1) is 9.15. The van der Waals surface area contributed by atoms with Crippen molar-refractivity contribution in [1.29, 1.82) is 0 Å². The van der Waals surface area contributed by atoms with Gasteiger partial charge < -0.3 is 14.9 Å². The van der Waals surface area contributed by atoms with Crippen molar-refractivity contribution in [1.82, 2.24) is 9.88 Å². The largest absolute Gasteiger partial charge is 0.391 e. The van der Waals surface area contributed by atoms with Crippen LogP contribution in [-0.4, -0.2) is 48.2 Å². The molecule has 0 aromatic carbocycles. The highest BCUT2D eigenvalue weighted by Gasteiger charge is 2.23. The van der Waals surface area contributed by atoms with Gasteiger partial charge in [-0.05, 0) is 39.4 Å². The van der Waals surface area contributed by atoms with Gasteiger partial charge in [-0.2, -0.15) is 0 Å². The van der Waals surface area contributed by atoms with Gasteiger partial charge in [0.2, 0.25) is 0 Å². The van der Waals surface area contributed by atoms with Crippen LogP contribution in [0.25, 0.3) is 0 Å². The number of aliphatic hydroxyl groups is 1. The quantitative estimate of drug-likeness (QED) is 0.898. The minimum absolute atomic E-state index is 0.119. The molecule has 1 aromatic heterocycles. The average molecular weight is 283 g/mol. The number of hydrogen-bond acceptors (Lipinski definition) is 5. The molecule has 0 aliphatic carbocycles. The third-order valence-corrected chi connectivity index (χ3v) is 5.11. The second-order valence-electron chi connectivity index (χ2n) is 5.42. The van der Waals surface area contributed by atoms with E-state index in [1.807, 2.05) is 0 Å². The molecule has 0 spiro atoms. The number of thiazole rings is 1. The predicted octanol–water partition coefficient (Wildman–Crippen LogP) is 2.12. The summed E-state index contributed by atoms with van der Waals surface area (Å²) in [5, 5.41) is 10.5. The summed E-state index contributed by atoms with van der Waals surface area (Å²) < 4.78 is 0. The monoisotopic (exact) mass is 283 g/mol. The van der Waals surface area contributed by atoms with E-state index in [4.69, 9.17) is 4.98 Å². The lowest BCUT2D eigenvalue weighted by molar-refractivity contribution is 0.253. The van der Waals surface area contributed by atoms with Crippen molar-refractivity contribution in [2.75, 3.05) is 32.1 Å². The number of anilines is 1. The van der Waals surface area contributed by atoms with E-state index in [1.54, 1.807) is 11.3 Å². The van der Waals surface area contributed by atoms with E-state index >= 15 is 0 Å². The lowest BCUT2D eigenvalue weighted by atomic mass is 10.0. The first kappa shape index (κ1) is 14.8. The summed E-state index contributed by atoms with van der Waals surface area (Å²) >= 11 is 1.65. The molecule has 19 heavy (non-hydrogen) atoms. The second kappa shape index (κ2) is 6.68. The van der Waals surface area contributed by atoms with Crippen molar-refractivity contribution in [3.05, 3.63) is 10.6 Å². The van der Waals surface area contributed by atoms with Crippen molar-refractivity contribution in [3.8, 4) is 0 Å². The van der Waals surface area contributed by atoms with Crippen LogP contribution in [0, 0.1) is 0 Å². The zero-order valence-electron chi connectivity index (χ0n) is 12.2. The Kier molecular flexibility index (Phi) is 5.19. The Labute approximate surface area is 120 Å². The van der Waals surface area contributed by atoms with Gasteiger partial charge in [0.1, 0.15) is 0 Å². The highest BCUT2D eigenvalue weighted by molar-refractivity contribution is 7.15. The number of piperidine rings is 1. The molecule has 1 aromatic rings. The van der Waals surface area contributed by atoms with Gasteiger partial charge >= 0.3 is 0 Å². The van der Waals surface area contributed by atoms with Gasteiger partial charge in [0.05, 0.1) is 17.2 Å². The van der Waals surface area contributed by atoms with Crippen LogP contribution in [0.5, 0.6) is 0 Å². The van der Waals surface area contributed by atoms with Crippen molar-refractivity contribution in [3.63, 3.8) is 0 Å². The third-order valence-electron chi connectivity index (χ3n) is 3.93. The highest BCUT2D eigenvalue weighted by atomic mass is 32.1. The van der Waals surface area contributed by atoms with Crippen LogP contribution >= 0.6 is 11.3 Å². The molecule has 2 rings (SSSR count). The molecule has 2 heterocycles. The van der Waals surface area contributed by atoms with E-state index in [2.05, 4.69) is 30.8 Å². The highest BCUT2D eigenvalue weighted by Crippen LogP contribution is 2.29. The maximum absolute atomic E-state index is 9.43. The summed E-state index contributed by atoms with van der Waals surface area (Å²) in [6, 6.07) is 0.586. The van der Waals surface area contributed by atoms with Crippen LogP contribution in [0.4, 0.5) is 5.13 Å². The molecule has 5 heteroatoms. The summed E-state index contributed by atoms with van der Waals surface area (Å²) in [6.45, 7) is 4.60. The SMILES string of the molecule is CCCc1nc(N(C)C2CCN(C)CC2)sc1CO. The van der Waals surface area contributed by atoms with E-state index in [9.17, 15) is 5.11 Å². The zero-order chi connectivity index (χ0) is 13.8. The maximum Gasteiger partial charge on any atom is 0.185 e. The fourth-order valence-corrected chi connectivity index (χ4v) is 3.61. The molecule has 0 bridgehead atoms. The maximum atomic E-state index is 9.43. The first-order valence-electron chi connectivity index (χ1n) is 7.16. The van der Waals surface area contributed by atoms with Gasteiger partial charge in [0.25, 0.3) is 0 Å². The minimum atomic E-state index is 0.119. The molecule has 0 radical (unpaired) electrons. The van der Waals surface area contributed by atoms with Crippen LogP contribution in [-0.2, 0) is 13.0 Å². The Morgan fingerprint density at radius 3 is 2.68 bits per heavy atom. The van der Waals surface area contributed by atoms with Crippen LogP contribution < -0.4 is 4.90 Å². The number of likely N-dealkylation sites (tertiary alicyclic amines) is 1. The molecule has 1 fully saturated rings. The molecule has 0 saturated carbocycles. The number of nitrogens with zero attached hydrogens (tertiary/aromatic N) is 3. The summed E-state index contributed by atoms with van der Waals surface area (Å²) in [7, 11) is 4.33. The fraction of sp³-hybridized carbons (Fsp3) is 0.786. The molecule has 0 unspecified atom stereocenters. The molecule has 108 valence electrons. The van der Waals surface area contributed by atoms with Gasteiger partial charge in [-0.15, -0.1) is 0 Å². The van der Waals surface area contributed by atoms with Crippen LogP contribution in [0.1, 0.15) is 36.8 Å². The lowest BCUT2D eigenvalue weighted by Crippen LogP contribution is -2.41. The summed E-state index contributed by atoms with van der Waals surface area (Å²) in [4.78, 5) is 10.5. The summed E-state index contributed by atoms with van der Waals surface area (Å²) in [5.41, 5.74) is 1.09. The minimum Gasteiger partial charge on any atom is -0.391 e. The molecular weight excluding hydrogens is 258 g/mol. The Morgan fingerprint density at radius 1 is 1.42 bits per heavy atom. The van der Waals surface area contributed by atoms with E-state index in [-0.39, 0.29) is 6.61 Å². The number of aryl methyl sites for hydroxylation is 1. The molecule has 4 nitrogen and oxygen atoms in total. The number of hydrogen-bond donors (Lipinski definition) is 1. The molecule has 0 atom stereocenters. The van der Waals surface area contributed by atoms with Crippen LogP contribution in [0.3, 0.4) is 0 Å². The Bertz CT molecular complexity index is 399. The van der Waals surface area contributed by atoms with E-state index in [0.29, 0.717) is 6.04 Å². The lowest BCUT2D eigenvalue weighted by Gasteiger charge is -2.34. The average Bonchev–Trinajstić information content (AvgIpc) is 2.82. The third kappa shape index (κ3) is 3.46. The molecule has 1 N–H and O–H groups in total. The number of aromatic nitrogens is 1. The van der Waals surface area contributed by atoms with Crippen LogP contribution in [0.15, 0.2) is 0 Å². The van der Waals surface area contributed by atoms with Crippen molar-refractivity contribution in [2.45, 2.75) is 45.3 Å². The van der Waals surface area contributed by atoms with E-state index in [1.165, 1.54) is 12.8 Å². The topological polar surface area (TPSA) is 39.6 Å². The summed E-state index contributed by atoms with van der Waals surface area (Å²) in [5.74, 6) is 0. The molecule has 1 saturated heterocycles. The van der Waals surface area contributed by atoms with Crippen LogP contribution in [0.2, 0.25) is 0 Å². The summed E-state index contributed by atoms with van der Waals surface area (Å²) in [6.07, 6.45) is 4.44. The zero-order valence-corrected chi connectivity index (χ0v) is 13.0. The number of rotatable bonds is 5. The van der Waals surface area contributed by atoms with E-state index < -0.39 is 0 Å². The molecule has 0 amide bonds. The Morgan fingerprint density at radius 2 is 2.11 bits per heavy atom. The Hall–Kier alpha value is -0.650. The second-order valence-corrected chi connectivity index (χ2v) is 6.48. The standard InChI is InChI=1S/C14H25N3OS/c1-4-5-12-13(10-18)19-14(15-12)17(3)11-6-8-16(2)9-7-11/h11,18H,4-10H2,1-3H3. The van der Waals surface area contributed by atoms with Gasteiger partial charge in [-0.1, -0.05) is 24.7 Å². The smallest absolute Gasteiger partial charge is 0.185 e. The first-order valence-corrected chi connectivity index (χ1v) is 7.98. The van der Waals surface area contributed by atoms with Crippen molar-refractivity contribution < 1.29 is 5.11 Å². The normalized spacial score (nSPS) is 17.9. The van der Waals surface area contributed by atoms with Gasteiger partial charge in [-0.25, -0.2) is 4.98 Å². The molecular formula is C14H25N3OS. The molecule has 1 aliphatic rings. The Balaban J connectivity index is 2.08. The number of aliphatic hydroxyl groups excluding tert-OH is 1. The van der Waals surface area contributed by atoms with Gasteiger partial charge in [-0.3, -0.25) is 0 Å². The van der Waals surface area contributed by atoms with E-state index in [0.717, 1.165) is 41.6 Å². The van der Waals surface area contributed by atoms with Crippen molar-refractivity contribution in [2.24, 2.45) is 0 Å². The van der Waals surface area contributed by atoms with Crippen molar-refractivity contribution >= 4 is 16.5 Å².